The Morgan fingerprint density at radius 3 is 2.83 bits per heavy atom. The molecule has 5 heteroatoms. The van der Waals surface area contributed by atoms with Crippen molar-refractivity contribution >= 4 is 28.8 Å². The Hall–Kier alpha value is -0.580. The van der Waals surface area contributed by atoms with E-state index in [9.17, 15) is 4.79 Å². The summed E-state index contributed by atoms with van der Waals surface area (Å²) in [6.45, 7) is 4.62. The van der Waals surface area contributed by atoms with Gasteiger partial charge in [0, 0.05) is 16.8 Å². The number of thiophene rings is 1. The first kappa shape index (κ1) is 13.8. The van der Waals surface area contributed by atoms with Crippen molar-refractivity contribution < 1.29 is 4.79 Å². The van der Waals surface area contributed by atoms with Crippen LogP contribution in [0.1, 0.15) is 24.6 Å². The SMILES string of the molecule is CC1(C(=O)NCCc2ccc(Cl)s2)CCNCC1. The maximum atomic E-state index is 12.2. The van der Waals surface area contributed by atoms with Gasteiger partial charge < -0.3 is 10.6 Å². The summed E-state index contributed by atoms with van der Waals surface area (Å²) in [5.41, 5.74) is -0.196. The molecular formula is C13H19ClN2OS. The molecule has 0 saturated carbocycles. The minimum absolute atomic E-state index is 0.187. The summed E-state index contributed by atoms with van der Waals surface area (Å²) in [4.78, 5) is 13.4. The second-order valence-corrected chi connectivity index (χ2v) is 6.82. The van der Waals surface area contributed by atoms with Crippen LogP contribution in [0.3, 0.4) is 0 Å². The maximum Gasteiger partial charge on any atom is 0.226 e. The molecule has 0 bridgehead atoms. The van der Waals surface area contributed by atoms with Gasteiger partial charge >= 0.3 is 0 Å². The number of halogens is 1. The van der Waals surface area contributed by atoms with E-state index in [0.29, 0.717) is 6.54 Å². The number of nitrogens with one attached hydrogen (secondary N) is 2. The highest BCUT2D eigenvalue weighted by atomic mass is 35.5. The van der Waals surface area contributed by atoms with Crippen molar-refractivity contribution in [3.63, 3.8) is 0 Å². The fraction of sp³-hybridized carbons (Fsp3) is 0.615. The first-order chi connectivity index (χ1) is 8.60. The zero-order valence-electron chi connectivity index (χ0n) is 10.6. The van der Waals surface area contributed by atoms with E-state index in [1.807, 2.05) is 12.1 Å². The molecule has 0 radical (unpaired) electrons. The topological polar surface area (TPSA) is 41.1 Å². The standard InChI is InChI=1S/C13H19ClN2OS/c1-13(5-8-15-9-6-13)12(17)16-7-4-10-2-3-11(14)18-10/h2-3,15H,4-9H2,1H3,(H,16,17). The molecule has 1 saturated heterocycles. The number of rotatable bonds is 4. The molecule has 0 aliphatic carbocycles. The fourth-order valence-electron chi connectivity index (χ4n) is 2.20. The Balaban J connectivity index is 1.77. The van der Waals surface area contributed by atoms with Crippen LogP contribution in [0.2, 0.25) is 4.34 Å². The van der Waals surface area contributed by atoms with Crippen molar-refractivity contribution in [2.45, 2.75) is 26.2 Å². The lowest BCUT2D eigenvalue weighted by atomic mass is 9.80. The lowest BCUT2D eigenvalue weighted by Gasteiger charge is -2.32. The predicted molar refractivity (Wildman–Crippen MR) is 76.3 cm³/mol. The third-order valence-corrected chi connectivity index (χ3v) is 4.83. The highest BCUT2D eigenvalue weighted by Crippen LogP contribution is 2.28. The summed E-state index contributed by atoms with van der Waals surface area (Å²) in [6.07, 6.45) is 2.70. The Kier molecular flexibility index (Phi) is 4.65. The highest BCUT2D eigenvalue weighted by Gasteiger charge is 2.33. The molecular weight excluding hydrogens is 268 g/mol. The second kappa shape index (κ2) is 6.04. The molecule has 1 aromatic heterocycles. The van der Waals surface area contributed by atoms with E-state index in [4.69, 9.17) is 11.6 Å². The summed E-state index contributed by atoms with van der Waals surface area (Å²) in [7, 11) is 0. The molecule has 2 rings (SSSR count). The van der Waals surface area contributed by atoms with E-state index >= 15 is 0 Å². The minimum atomic E-state index is -0.196. The number of hydrogen-bond donors (Lipinski definition) is 2. The second-order valence-electron chi connectivity index (χ2n) is 5.02. The van der Waals surface area contributed by atoms with Crippen LogP contribution >= 0.6 is 22.9 Å². The van der Waals surface area contributed by atoms with Gasteiger partial charge in [-0.05, 0) is 44.5 Å². The van der Waals surface area contributed by atoms with Gasteiger partial charge in [0.15, 0.2) is 0 Å². The maximum absolute atomic E-state index is 12.2. The monoisotopic (exact) mass is 286 g/mol. The molecule has 3 nitrogen and oxygen atoms in total. The first-order valence-electron chi connectivity index (χ1n) is 6.33. The molecule has 1 aliphatic rings. The molecule has 0 aromatic carbocycles. The highest BCUT2D eigenvalue weighted by molar-refractivity contribution is 7.16. The van der Waals surface area contributed by atoms with E-state index in [1.165, 1.54) is 4.88 Å². The van der Waals surface area contributed by atoms with Gasteiger partial charge in [0.05, 0.1) is 4.34 Å². The van der Waals surface area contributed by atoms with Gasteiger partial charge in [0.1, 0.15) is 0 Å². The smallest absolute Gasteiger partial charge is 0.226 e. The number of piperidine rings is 1. The van der Waals surface area contributed by atoms with E-state index in [2.05, 4.69) is 17.6 Å². The van der Waals surface area contributed by atoms with Crippen LogP contribution in [0.5, 0.6) is 0 Å². The number of amides is 1. The quantitative estimate of drug-likeness (QED) is 0.893. The van der Waals surface area contributed by atoms with Gasteiger partial charge in [0.25, 0.3) is 0 Å². The fourth-order valence-corrected chi connectivity index (χ4v) is 3.29. The average molecular weight is 287 g/mol. The zero-order valence-corrected chi connectivity index (χ0v) is 12.2. The number of hydrogen-bond acceptors (Lipinski definition) is 3. The van der Waals surface area contributed by atoms with Gasteiger partial charge in [-0.15, -0.1) is 11.3 Å². The van der Waals surface area contributed by atoms with Crippen LogP contribution in [0.15, 0.2) is 12.1 Å². The van der Waals surface area contributed by atoms with Crippen LogP contribution in [-0.4, -0.2) is 25.5 Å². The van der Waals surface area contributed by atoms with E-state index in [0.717, 1.165) is 36.7 Å². The lowest BCUT2D eigenvalue weighted by molar-refractivity contribution is -0.131. The van der Waals surface area contributed by atoms with Crippen LogP contribution in [0.4, 0.5) is 0 Å². The van der Waals surface area contributed by atoms with E-state index < -0.39 is 0 Å². The van der Waals surface area contributed by atoms with Gasteiger partial charge in [-0.25, -0.2) is 0 Å². The molecule has 1 aromatic rings. The van der Waals surface area contributed by atoms with Crippen molar-refractivity contribution in [2.24, 2.45) is 5.41 Å². The summed E-state index contributed by atoms with van der Waals surface area (Å²) >= 11 is 7.45. The van der Waals surface area contributed by atoms with Crippen molar-refractivity contribution in [3.8, 4) is 0 Å². The number of carbonyl (C=O) groups is 1. The first-order valence-corrected chi connectivity index (χ1v) is 7.53. The van der Waals surface area contributed by atoms with Crippen LogP contribution in [0.25, 0.3) is 0 Å². The molecule has 0 spiro atoms. The Morgan fingerprint density at radius 1 is 1.50 bits per heavy atom. The zero-order chi connectivity index (χ0) is 13.0. The molecule has 2 heterocycles. The molecule has 100 valence electrons. The van der Waals surface area contributed by atoms with Crippen molar-refractivity contribution in [1.29, 1.82) is 0 Å². The van der Waals surface area contributed by atoms with Crippen LogP contribution < -0.4 is 10.6 Å². The van der Waals surface area contributed by atoms with Crippen LogP contribution in [0, 0.1) is 5.41 Å². The molecule has 1 amide bonds. The minimum Gasteiger partial charge on any atom is -0.355 e. The lowest BCUT2D eigenvalue weighted by Crippen LogP contribution is -2.46. The molecule has 0 unspecified atom stereocenters. The van der Waals surface area contributed by atoms with Crippen molar-refractivity contribution in [3.05, 3.63) is 21.3 Å². The predicted octanol–water partition coefficient (Wildman–Crippen LogP) is 2.45. The summed E-state index contributed by atoms with van der Waals surface area (Å²) in [5, 5.41) is 6.33. The third kappa shape index (κ3) is 3.46. The normalized spacial score (nSPS) is 18.6. The van der Waals surface area contributed by atoms with E-state index in [-0.39, 0.29) is 11.3 Å². The Bertz CT molecular complexity index is 413. The largest absolute Gasteiger partial charge is 0.355 e. The van der Waals surface area contributed by atoms with Gasteiger partial charge in [-0.1, -0.05) is 18.5 Å². The van der Waals surface area contributed by atoms with E-state index in [1.54, 1.807) is 11.3 Å². The van der Waals surface area contributed by atoms with Crippen LogP contribution in [-0.2, 0) is 11.2 Å². The van der Waals surface area contributed by atoms with Crippen molar-refractivity contribution in [2.75, 3.05) is 19.6 Å². The number of carbonyl (C=O) groups excluding carboxylic acids is 1. The third-order valence-electron chi connectivity index (χ3n) is 3.54. The van der Waals surface area contributed by atoms with Gasteiger partial charge in [-0.2, -0.15) is 0 Å². The molecule has 1 fully saturated rings. The summed E-state index contributed by atoms with van der Waals surface area (Å²) in [5.74, 6) is 0.187. The Morgan fingerprint density at radius 2 is 2.22 bits per heavy atom. The summed E-state index contributed by atoms with van der Waals surface area (Å²) in [6, 6.07) is 3.92. The Labute approximate surface area is 117 Å². The van der Waals surface area contributed by atoms with Gasteiger partial charge in [0.2, 0.25) is 5.91 Å². The molecule has 1 aliphatic heterocycles. The van der Waals surface area contributed by atoms with Gasteiger partial charge in [-0.3, -0.25) is 4.79 Å². The average Bonchev–Trinajstić information content (AvgIpc) is 2.76. The molecule has 18 heavy (non-hydrogen) atoms. The summed E-state index contributed by atoms with van der Waals surface area (Å²) < 4.78 is 0.807. The molecule has 0 atom stereocenters. The molecule has 2 N–H and O–H groups in total. The van der Waals surface area contributed by atoms with Crippen molar-refractivity contribution in [1.82, 2.24) is 10.6 Å².